The summed E-state index contributed by atoms with van der Waals surface area (Å²) in [4.78, 5) is 25.2. The number of aromatic nitrogens is 6. The largest absolute Gasteiger partial charge is 0.340 e. The van der Waals surface area contributed by atoms with Crippen LogP contribution in [0.3, 0.4) is 0 Å². The third-order valence-corrected chi connectivity index (χ3v) is 4.50. The highest BCUT2D eigenvalue weighted by Crippen LogP contribution is 2.30. The Balaban J connectivity index is 1.85. The SMILES string of the molecule is CC(C)(C)c1nc2nc(-c3nc4nccc(C(C)(C)C)c4[nH]3)ccc2[nH]1. The summed E-state index contributed by atoms with van der Waals surface area (Å²) in [6.45, 7) is 12.9. The normalized spacial score (nSPS) is 13.0. The molecule has 0 spiro atoms. The summed E-state index contributed by atoms with van der Waals surface area (Å²) in [6, 6.07) is 6.01. The zero-order valence-electron chi connectivity index (χ0n) is 16.1. The zero-order valence-corrected chi connectivity index (χ0v) is 16.1. The maximum Gasteiger partial charge on any atom is 0.178 e. The van der Waals surface area contributed by atoms with Gasteiger partial charge in [-0.25, -0.2) is 19.9 Å². The summed E-state index contributed by atoms with van der Waals surface area (Å²) < 4.78 is 0. The monoisotopic (exact) mass is 348 g/mol. The van der Waals surface area contributed by atoms with Gasteiger partial charge in [0.2, 0.25) is 0 Å². The van der Waals surface area contributed by atoms with Crippen LogP contribution in [0.25, 0.3) is 33.8 Å². The summed E-state index contributed by atoms with van der Waals surface area (Å²) in [5, 5.41) is 0. The lowest BCUT2D eigenvalue weighted by atomic mass is 9.87. The number of hydrogen-bond donors (Lipinski definition) is 2. The average molecular weight is 348 g/mol. The van der Waals surface area contributed by atoms with Crippen molar-refractivity contribution < 1.29 is 0 Å². The Kier molecular flexibility index (Phi) is 3.45. The first kappa shape index (κ1) is 16.7. The number of nitrogens with zero attached hydrogens (tertiary/aromatic N) is 4. The van der Waals surface area contributed by atoms with E-state index in [1.165, 1.54) is 5.56 Å². The van der Waals surface area contributed by atoms with Crippen LogP contribution in [0.1, 0.15) is 52.9 Å². The van der Waals surface area contributed by atoms with Gasteiger partial charge in [0, 0.05) is 11.6 Å². The molecule has 0 unspecified atom stereocenters. The molecule has 0 bridgehead atoms. The van der Waals surface area contributed by atoms with E-state index in [0.29, 0.717) is 17.1 Å². The highest BCUT2D eigenvalue weighted by atomic mass is 15.0. The van der Waals surface area contributed by atoms with Crippen LogP contribution in [0, 0.1) is 0 Å². The second kappa shape index (κ2) is 5.37. The van der Waals surface area contributed by atoms with Gasteiger partial charge in [-0.15, -0.1) is 0 Å². The Morgan fingerprint density at radius 1 is 0.769 bits per heavy atom. The molecule has 4 heterocycles. The minimum Gasteiger partial charge on any atom is -0.340 e. The fourth-order valence-corrected chi connectivity index (χ4v) is 3.04. The van der Waals surface area contributed by atoms with E-state index >= 15 is 0 Å². The van der Waals surface area contributed by atoms with Crippen molar-refractivity contribution in [2.24, 2.45) is 0 Å². The van der Waals surface area contributed by atoms with E-state index in [4.69, 9.17) is 4.98 Å². The Morgan fingerprint density at radius 2 is 1.54 bits per heavy atom. The number of rotatable bonds is 1. The third kappa shape index (κ3) is 2.75. The maximum atomic E-state index is 4.70. The first-order valence-corrected chi connectivity index (χ1v) is 8.86. The number of hydrogen-bond acceptors (Lipinski definition) is 4. The van der Waals surface area contributed by atoms with Crippen molar-refractivity contribution in [3.05, 3.63) is 35.8 Å². The predicted molar refractivity (Wildman–Crippen MR) is 104 cm³/mol. The van der Waals surface area contributed by atoms with Crippen LogP contribution in [0.4, 0.5) is 0 Å². The molecule has 134 valence electrons. The van der Waals surface area contributed by atoms with Crippen LogP contribution >= 0.6 is 0 Å². The lowest BCUT2D eigenvalue weighted by molar-refractivity contribution is 0.554. The molecule has 0 radical (unpaired) electrons. The van der Waals surface area contributed by atoms with Gasteiger partial charge in [-0.3, -0.25) is 0 Å². The smallest absolute Gasteiger partial charge is 0.178 e. The van der Waals surface area contributed by atoms with E-state index in [9.17, 15) is 0 Å². The standard InChI is InChI=1S/C20H24N6/c1-19(2,3)11-9-10-21-17-14(11)24-16(25-17)12-7-8-13-15(22-12)26-18(23-13)20(4,5)6/h7-10H,1-6H3,(H,21,24,25)(H,22,23,26). The Labute approximate surface area is 152 Å². The number of aromatic amines is 2. The quantitative estimate of drug-likeness (QED) is 0.531. The molecule has 0 aliphatic heterocycles. The van der Waals surface area contributed by atoms with Gasteiger partial charge >= 0.3 is 0 Å². The Morgan fingerprint density at radius 3 is 2.23 bits per heavy atom. The van der Waals surface area contributed by atoms with Gasteiger partial charge in [0.05, 0.1) is 11.0 Å². The number of fused-ring (bicyclic) bond motifs is 2. The lowest BCUT2D eigenvalue weighted by Crippen LogP contribution is -2.12. The van der Waals surface area contributed by atoms with Crippen molar-refractivity contribution in [1.29, 1.82) is 0 Å². The van der Waals surface area contributed by atoms with E-state index in [0.717, 1.165) is 22.6 Å². The molecule has 0 aliphatic rings. The van der Waals surface area contributed by atoms with Crippen LogP contribution in [-0.4, -0.2) is 29.9 Å². The minimum atomic E-state index is -0.0498. The lowest BCUT2D eigenvalue weighted by Gasteiger charge is -2.18. The van der Waals surface area contributed by atoms with Gasteiger partial charge in [0.25, 0.3) is 0 Å². The van der Waals surface area contributed by atoms with Crippen LogP contribution < -0.4 is 0 Å². The third-order valence-electron chi connectivity index (χ3n) is 4.50. The van der Waals surface area contributed by atoms with E-state index in [-0.39, 0.29) is 10.8 Å². The van der Waals surface area contributed by atoms with Gasteiger partial charge in [-0.2, -0.15) is 0 Å². The molecule has 0 fully saturated rings. The molecule has 0 amide bonds. The van der Waals surface area contributed by atoms with Crippen molar-refractivity contribution in [2.75, 3.05) is 0 Å². The van der Waals surface area contributed by atoms with Gasteiger partial charge < -0.3 is 9.97 Å². The topological polar surface area (TPSA) is 83.1 Å². The van der Waals surface area contributed by atoms with Crippen molar-refractivity contribution in [2.45, 2.75) is 52.4 Å². The fraction of sp³-hybridized carbons (Fsp3) is 0.400. The Hall–Kier alpha value is -2.76. The van der Waals surface area contributed by atoms with E-state index in [2.05, 4.69) is 66.5 Å². The van der Waals surface area contributed by atoms with Gasteiger partial charge in [-0.05, 0) is 29.2 Å². The summed E-state index contributed by atoms with van der Waals surface area (Å²) >= 11 is 0. The molecule has 0 aliphatic carbocycles. The Bertz CT molecular complexity index is 1100. The number of H-pyrrole nitrogens is 2. The van der Waals surface area contributed by atoms with E-state index in [1.807, 2.05) is 24.4 Å². The van der Waals surface area contributed by atoms with Gasteiger partial charge in [0.15, 0.2) is 17.1 Å². The van der Waals surface area contributed by atoms with Gasteiger partial charge in [-0.1, -0.05) is 41.5 Å². The van der Waals surface area contributed by atoms with Crippen molar-refractivity contribution >= 4 is 22.3 Å². The molecule has 4 rings (SSSR count). The van der Waals surface area contributed by atoms with Crippen molar-refractivity contribution in [3.8, 4) is 11.5 Å². The molecule has 26 heavy (non-hydrogen) atoms. The summed E-state index contributed by atoms with van der Waals surface area (Å²) in [6.07, 6.45) is 1.81. The van der Waals surface area contributed by atoms with Crippen LogP contribution in [0.15, 0.2) is 24.4 Å². The van der Waals surface area contributed by atoms with Crippen molar-refractivity contribution in [3.63, 3.8) is 0 Å². The number of pyridine rings is 2. The second-order valence-electron chi connectivity index (χ2n) is 8.80. The second-order valence-corrected chi connectivity index (χ2v) is 8.80. The molecular weight excluding hydrogens is 324 g/mol. The fourth-order valence-electron chi connectivity index (χ4n) is 3.04. The van der Waals surface area contributed by atoms with E-state index < -0.39 is 0 Å². The molecule has 2 N–H and O–H groups in total. The average Bonchev–Trinajstić information content (AvgIpc) is 3.16. The van der Waals surface area contributed by atoms with Crippen LogP contribution in [0.5, 0.6) is 0 Å². The van der Waals surface area contributed by atoms with Crippen LogP contribution in [-0.2, 0) is 10.8 Å². The first-order valence-electron chi connectivity index (χ1n) is 8.86. The van der Waals surface area contributed by atoms with Crippen molar-refractivity contribution in [1.82, 2.24) is 29.9 Å². The van der Waals surface area contributed by atoms with Gasteiger partial charge in [0.1, 0.15) is 11.5 Å². The molecule has 4 aromatic rings. The summed E-state index contributed by atoms with van der Waals surface area (Å²) in [5.74, 6) is 1.64. The molecule has 6 nitrogen and oxygen atoms in total. The molecule has 4 aromatic heterocycles. The minimum absolute atomic E-state index is 0.00613. The molecule has 0 aromatic carbocycles. The molecular formula is C20H24N6. The summed E-state index contributed by atoms with van der Waals surface area (Å²) in [5.41, 5.74) is 5.23. The highest BCUT2D eigenvalue weighted by molar-refractivity contribution is 5.81. The number of imidazole rings is 2. The molecule has 0 atom stereocenters. The number of nitrogens with one attached hydrogen (secondary N) is 2. The van der Waals surface area contributed by atoms with Crippen LogP contribution in [0.2, 0.25) is 0 Å². The predicted octanol–water partition coefficient (Wildman–Crippen LogP) is 4.49. The maximum absolute atomic E-state index is 4.70. The molecule has 0 saturated heterocycles. The molecule has 6 heteroatoms. The molecule has 0 saturated carbocycles. The zero-order chi connectivity index (χ0) is 18.7. The first-order chi connectivity index (χ1) is 12.1. The highest BCUT2D eigenvalue weighted by Gasteiger charge is 2.21. The summed E-state index contributed by atoms with van der Waals surface area (Å²) in [7, 11) is 0. The van der Waals surface area contributed by atoms with E-state index in [1.54, 1.807) is 0 Å².